The number of carbonyl (C=O) groups is 3. The van der Waals surface area contributed by atoms with E-state index in [4.69, 9.17) is 10.8 Å². The molecular weight excluding hydrogens is 456 g/mol. The average molecular weight is 483 g/mol. The van der Waals surface area contributed by atoms with Crippen molar-refractivity contribution in [2.45, 2.75) is 57.5 Å². The minimum absolute atomic E-state index is 0.0181. The van der Waals surface area contributed by atoms with Crippen LogP contribution in [0.25, 0.3) is 0 Å². The lowest BCUT2D eigenvalue weighted by Gasteiger charge is -2.47. The van der Waals surface area contributed by atoms with Crippen LogP contribution in [0.4, 0.5) is 0 Å². The summed E-state index contributed by atoms with van der Waals surface area (Å²) in [5.74, 6) is -1.63. The van der Waals surface area contributed by atoms with Gasteiger partial charge in [-0.3, -0.25) is 14.4 Å². The van der Waals surface area contributed by atoms with Gasteiger partial charge in [0.2, 0.25) is 11.6 Å². The Morgan fingerprint density at radius 1 is 1.06 bits per heavy atom. The lowest BCUT2D eigenvalue weighted by Crippen LogP contribution is -2.53. The molecule has 8 nitrogen and oxygen atoms in total. The largest absolute Gasteiger partial charge is 0.507 e. The van der Waals surface area contributed by atoms with Gasteiger partial charge >= 0.3 is 5.97 Å². The number of aryl methyl sites for hydroxylation is 2. The minimum Gasteiger partial charge on any atom is -0.507 e. The van der Waals surface area contributed by atoms with Gasteiger partial charge < -0.3 is 24.8 Å². The Balaban J connectivity index is 2.11. The van der Waals surface area contributed by atoms with E-state index in [2.05, 4.69) is 5.92 Å². The summed E-state index contributed by atoms with van der Waals surface area (Å²) >= 11 is 0. The first kappa shape index (κ1) is 23.8. The SMILES string of the molecule is C#CC1[C@@H]([Si](C)(C)C)c2c(O)c3c(c(O)c2C[C@@]1(O)CC(=O)O)C(=O)c1c(C)oc(C)c1C3=O. The molecule has 0 radical (unpaired) electrons. The van der Waals surface area contributed by atoms with Crippen LogP contribution >= 0.6 is 0 Å². The van der Waals surface area contributed by atoms with Gasteiger partial charge in [0.05, 0.1) is 48.3 Å². The van der Waals surface area contributed by atoms with E-state index in [9.17, 15) is 34.8 Å². The van der Waals surface area contributed by atoms with Gasteiger partial charge in [-0.15, -0.1) is 6.42 Å². The third-order valence-electron chi connectivity index (χ3n) is 7.03. The number of hydrogen-bond acceptors (Lipinski definition) is 7. The van der Waals surface area contributed by atoms with Crippen LogP contribution in [0, 0.1) is 32.1 Å². The number of hydrogen-bond donors (Lipinski definition) is 4. The maximum absolute atomic E-state index is 13.5. The van der Waals surface area contributed by atoms with Gasteiger partial charge in [-0.25, -0.2) is 0 Å². The van der Waals surface area contributed by atoms with E-state index < -0.39 is 67.0 Å². The maximum atomic E-state index is 13.5. The first-order chi connectivity index (χ1) is 15.7. The van der Waals surface area contributed by atoms with Gasteiger partial charge in [0.1, 0.15) is 23.0 Å². The monoisotopic (exact) mass is 482 g/mol. The average Bonchev–Trinajstić information content (AvgIpc) is 3.00. The standard InChI is InChI=1S/C25H26O8Si/c1-7-13-24(34(4,5)6)17-12(8-25(13,32)9-14(26)27)20(28)18-19(23(17)31)22(30)16-11(3)33-10(2)15(16)21(18)29/h1,13,24,28,31-32H,8-9H2,2-6H3,(H,26,27)/t13?,24-,25-/m1/s1. The summed E-state index contributed by atoms with van der Waals surface area (Å²) in [5, 5.41) is 43.7. The van der Waals surface area contributed by atoms with Gasteiger partial charge in [-0.05, 0) is 19.4 Å². The highest BCUT2D eigenvalue weighted by Gasteiger charge is 2.55. The molecule has 3 atom stereocenters. The second kappa shape index (κ2) is 7.32. The predicted molar refractivity (Wildman–Crippen MR) is 124 cm³/mol. The van der Waals surface area contributed by atoms with Gasteiger partial charge in [0.25, 0.3) is 0 Å². The number of aliphatic hydroxyl groups is 1. The van der Waals surface area contributed by atoms with Crippen molar-refractivity contribution in [3.05, 3.63) is 44.9 Å². The van der Waals surface area contributed by atoms with Crippen LogP contribution in [0.5, 0.6) is 11.5 Å². The van der Waals surface area contributed by atoms with E-state index in [0.717, 1.165) is 0 Å². The Bertz CT molecular complexity index is 1340. The molecular formula is C25H26O8Si. The molecule has 4 N–H and O–H groups in total. The van der Waals surface area contributed by atoms with Crippen LogP contribution in [0.1, 0.15) is 66.5 Å². The number of rotatable bonds is 3. The molecule has 1 aromatic carbocycles. The number of aliphatic carboxylic acids is 1. The number of terminal acetylenes is 1. The Morgan fingerprint density at radius 3 is 2.00 bits per heavy atom. The summed E-state index contributed by atoms with van der Waals surface area (Å²) < 4.78 is 5.50. The molecule has 0 saturated carbocycles. The van der Waals surface area contributed by atoms with Gasteiger partial charge in [0, 0.05) is 17.5 Å². The second-order valence-electron chi connectivity index (χ2n) is 10.3. The third-order valence-corrected chi connectivity index (χ3v) is 9.52. The van der Waals surface area contributed by atoms with Crippen molar-refractivity contribution in [3.63, 3.8) is 0 Å². The van der Waals surface area contributed by atoms with E-state index in [0.29, 0.717) is 0 Å². The number of benzene rings is 1. The first-order valence-corrected chi connectivity index (χ1v) is 14.4. The Kier molecular flexibility index (Phi) is 5.12. The molecule has 1 unspecified atom stereocenters. The zero-order chi connectivity index (χ0) is 25.5. The van der Waals surface area contributed by atoms with Gasteiger partial charge in [-0.1, -0.05) is 25.6 Å². The zero-order valence-corrected chi connectivity index (χ0v) is 20.6. The van der Waals surface area contributed by atoms with E-state index in [1.807, 2.05) is 19.6 Å². The molecule has 0 amide bonds. The summed E-state index contributed by atoms with van der Waals surface area (Å²) in [6.07, 6.45) is 4.72. The van der Waals surface area contributed by atoms with Crippen LogP contribution in [-0.2, 0) is 11.2 Å². The number of aromatic hydroxyl groups is 2. The van der Waals surface area contributed by atoms with Crippen molar-refractivity contribution in [1.82, 2.24) is 0 Å². The van der Waals surface area contributed by atoms with Crippen molar-refractivity contribution >= 4 is 25.6 Å². The molecule has 0 fully saturated rings. The molecule has 34 heavy (non-hydrogen) atoms. The number of phenolic OH excluding ortho intramolecular Hbond substituents is 2. The van der Waals surface area contributed by atoms with Crippen molar-refractivity contribution in [2.24, 2.45) is 5.92 Å². The molecule has 2 aliphatic carbocycles. The lowest BCUT2D eigenvalue weighted by atomic mass is 9.68. The van der Waals surface area contributed by atoms with Crippen LogP contribution < -0.4 is 0 Å². The lowest BCUT2D eigenvalue weighted by molar-refractivity contribution is -0.144. The summed E-state index contributed by atoms with van der Waals surface area (Å²) in [7, 11) is -2.43. The fourth-order valence-electron chi connectivity index (χ4n) is 5.74. The number of ketones is 2. The molecule has 0 spiro atoms. The Morgan fingerprint density at radius 2 is 1.56 bits per heavy atom. The van der Waals surface area contributed by atoms with Crippen LogP contribution in [0.3, 0.4) is 0 Å². The summed E-state index contributed by atoms with van der Waals surface area (Å²) in [4.78, 5) is 38.5. The molecule has 1 aromatic heterocycles. The molecule has 0 saturated heterocycles. The van der Waals surface area contributed by atoms with Gasteiger partial charge in [0.15, 0.2) is 0 Å². The number of carbonyl (C=O) groups excluding carboxylic acids is 2. The molecule has 4 rings (SSSR count). The highest BCUT2D eigenvalue weighted by molar-refractivity contribution is 6.77. The van der Waals surface area contributed by atoms with Crippen molar-refractivity contribution in [2.75, 3.05) is 0 Å². The summed E-state index contributed by atoms with van der Waals surface area (Å²) in [5.41, 5.74) is -3.00. The molecule has 0 bridgehead atoms. The summed E-state index contributed by atoms with van der Waals surface area (Å²) in [6.45, 7) is 8.87. The van der Waals surface area contributed by atoms with Crippen molar-refractivity contribution < 1.29 is 39.2 Å². The smallest absolute Gasteiger partial charge is 0.306 e. The van der Waals surface area contributed by atoms with Crippen LogP contribution in [0.2, 0.25) is 19.6 Å². The highest BCUT2D eigenvalue weighted by Crippen LogP contribution is 2.56. The van der Waals surface area contributed by atoms with Crippen molar-refractivity contribution in [1.29, 1.82) is 0 Å². The van der Waals surface area contributed by atoms with Crippen LogP contribution in [0.15, 0.2) is 4.42 Å². The molecule has 178 valence electrons. The Labute approximate surface area is 197 Å². The first-order valence-electron chi connectivity index (χ1n) is 10.9. The normalized spacial score (nSPS) is 23.7. The molecule has 1 heterocycles. The molecule has 2 aliphatic rings. The Hall–Kier alpha value is -3.35. The number of carboxylic acids is 1. The fourth-order valence-corrected chi connectivity index (χ4v) is 8.32. The maximum Gasteiger partial charge on any atom is 0.306 e. The third kappa shape index (κ3) is 3.06. The number of phenols is 2. The van der Waals surface area contributed by atoms with Crippen molar-refractivity contribution in [3.8, 4) is 23.8 Å². The van der Waals surface area contributed by atoms with Crippen LogP contribution in [-0.4, -0.2) is 51.6 Å². The van der Waals surface area contributed by atoms with E-state index in [-0.39, 0.29) is 44.9 Å². The zero-order valence-electron chi connectivity index (χ0n) is 19.6. The number of furan rings is 1. The highest BCUT2D eigenvalue weighted by atomic mass is 28.3. The molecule has 0 aliphatic heterocycles. The van der Waals surface area contributed by atoms with E-state index in [1.54, 1.807) is 6.92 Å². The topological polar surface area (TPSA) is 145 Å². The van der Waals surface area contributed by atoms with E-state index >= 15 is 0 Å². The molecule has 9 heteroatoms. The predicted octanol–water partition coefficient (Wildman–Crippen LogP) is 3.06. The number of fused-ring (bicyclic) bond motifs is 3. The van der Waals surface area contributed by atoms with Gasteiger partial charge in [-0.2, -0.15) is 0 Å². The number of carboxylic acid groups (broad SMARTS) is 1. The fraction of sp³-hybridized carbons (Fsp3) is 0.400. The van der Waals surface area contributed by atoms with E-state index in [1.165, 1.54) is 6.92 Å². The second-order valence-corrected chi connectivity index (χ2v) is 15.7. The summed E-state index contributed by atoms with van der Waals surface area (Å²) in [6, 6.07) is 0. The minimum atomic E-state index is -2.43. The molecule has 2 aromatic rings. The quantitative estimate of drug-likeness (QED) is 0.253.